The average molecular weight is 181 g/mol. The molecule has 4 heteroatoms. The van der Waals surface area contributed by atoms with Crippen LogP contribution in [0.15, 0.2) is 29.0 Å². The summed E-state index contributed by atoms with van der Waals surface area (Å²) >= 11 is 0. The monoisotopic (exact) mass is 181 g/mol. The second-order valence-electron chi connectivity index (χ2n) is 2.66. The number of aliphatic hydroxyl groups is 1. The molecule has 0 saturated carbocycles. The van der Waals surface area contributed by atoms with Crippen molar-refractivity contribution in [3.63, 3.8) is 0 Å². The van der Waals surface area contributed by atoms with Gasteiger partial charge in [-0.2, -0.15) is 0 Å². The molecule has 70 valence electrons. The molecular formula is C9H11NO3. The summed E-state index contributed by atoms with van der Waals surface area (Å²) < 4.78 is 0. The molecule has 0 aromatic carbocycles. The first-order valence-corrected chi connectivity index (χ1v) is 4.01. The largest absolute Gasteiger partial charge is 0.506 e. The minimum absolute atomic E-state index is 0.000490. The van der Waals surface area contributed by atoms with Crippen LogP contribution in [0.4, 0.5) is 0 Å². The summed E-state index contributed by atoms with van der Waals surface area (Å²) in [4.78, 5) is 14.1. The van der Waals surface area contributed by atoms with E-state index in [1.807, 2.05) is 6.08 Å². The molecule has 2 N–H and O–H groups in total. The molecule has 4 nitrogen and oxygen atoms in total. The van der Waals surface area contributed by atoms with Crippen molar-refractivity contribution in [1.82, 2.24) is 0 Å². The van der Waals surface area contributed by atoms with Crippen LogP contribution in [0.25, 0.3) is 0 Å². The Morgan fingerprint density at radius 1 is 1.62 bits per heavy atom. The van der Waals surface area contributed by atoms with Gasteiger partial charge in [0.15, 0.2) is 0 Å². The van der Waals surface area contributed by atoms with E-state index in [1.165, 1.54) is 0 Å². The van der Waals surface area contributed by atoms with E-state index in [4.69, 9.17) is 5.11 Å². The predicted molar refractivity (Wildman–Crippen MR) is 49.0 cm³/mol. The van der Waals surface area contributed by atoms with E-state index in [0.717, 1.165) is 0 Å². The topological polar surface area (TPSA) is 69.9 Å². The molecule has 0 spiro atoms. The Morgan fingerprint density at radius 2 is 2.38 bits per heavy atom. The summed E-state index contributed by atoms with van der Waals surface area (Å²) in [5.74, 6) is -0.743. The Bertz CT molecular complexity index is 289. The Hall–Kier alpha value is -1.58. The van der Waals surface area contributed by atoms with Crippen LogP contribution in [-0.4, -0.2) is 28.4 Å². The Morgan fingerprint density at radius 3 is 3.00 bits per heavy atom. The summed E-state index contributed by atoms with van der Waals surface area (Å²) in [5.41, 5.74) is 0.559. The third-order valence-electron chi connectivity index (χ3n) is 1.63. The molecule has 0 amide bonds. The number of rotatable bonds is 3. The number of aliphatic imine (C=N–C) groups is 1. The summed E-state index contributed by atoms with van der Waals surface area (Å²) in [7, 11) is 0. The van der Waals surface area contributed by atoms with Crippen molar-refractivity contribution < 1.29 is 15.0 Å². The molecular weight excluding hydrogens is 170 g/mol. The lowest BCUT2D eigenvalue weighted by molar-refractivity contribution is -0.136. The number of allylic oxidation sites excluding steroid dienone is 4. The van der Waals surface area contributed by atoms with Gasteiger partial charge in [0.1, 0.15) is 5.76 Å². The molecule has 0 fully saturated rings. The predicted octanol–water partition coefficient (Wildman–Crippen LogP) is 1.30. The SMILES string of the molecule is O=C(O)CCN=C1CC=CC=C1O. The maximum atomic E-state index is 10.2. The molecule has 1 rings (SSSR count). The highest BCUT2D eigenvalue weighted by molar-refractivity contribution is 6.00. The standard InChI is InChI=1S/C9H11NO3/c11-8-4-2-1-3-7(8)10-6-5-9(12)13/h1-2,4,11H,3,5-6H2,(H,12,13). The van der Waals surface area contributed by atoms with Crippen LogP contribution < -0.4 is 0 Å². The molecule has 0 unspecified atom stereocenters. The van der Waals surface area contributed by atoms with Gasteiger partial charge in [-0.15, -0.1) is 0 Å². The van der Waals surface area contributed by atoms with Crippen molar-refractivity contribution in [2.75, 3.05) is 6.54 Å². The Balaban J connectivity index is 2.47. The zero-order chi connectivity index (χ0) is 9.68. The average Bonchev–Trinajstić information content (AvgIpc) is 2.08. The second-order valence-corrected chi connectivity index (χ2v) is 2.66. The maximum absolute atomic E-state index is 10.2. The van der Waals surface area contributed by atoms with Gasteiger partial charge < -0.3 is 10.2 Å². The van der Waals surface area contributed by atoms with E-state index < -0.39 is 5.97 Å². The molecule has 1 aliphatic carbocycles. The highest BCUT2D eigenvalue weighted by Crippen LogP contribution is 2.06. The van der Waals surface area contributed by atoms with Gasteiger partial charge in [-0.05, 0) is 6.08 Å². The lowest BCUT2D eigenvalue weighted by Gasteiger charge is -2.05. The first-order chi connectivity index (χ1) is 6.20. The summed E-state index contributed by atoms with van der Waals surface area (Å²) in [6.07, 6.45) is 5.72. The number of hydrogen-bond acceptors (Lipinski definition) is 3. The second kappa shape index (κ2) is 4.45. The van der Waals surface area contributed by atoms with E-state index in [9.17, 15) is 9.90 Å². The minimum Gasteiger partial charge on any atom is -0.506 e. The number of aliphatic hydroxyl groups excluding tert-OH is 1. The fraction of sp³-hybridized carbons (Fsp3) is 0.333. The molecule has 0 bridgehead atoms. The van der Waals surface area contributed by atoms with E-state index in [-0.39, 0.29) is 18.7 Å². The van der Waals surface area contributed by atoms with Crippen molar-refractivity contribution in [3.05, 3.63) is 24.0 Å². The minimum atomic E-state index is -0.876. The third kappa shape index (κ3) is 3.11. The van der Waals surface area contributed by atoms with Crippen LogP contribution in [0.1, 0.15) is 12.8 Å². The third-order valence-corrected chi connectivity index (χ3v) is 1.63. The Labute approximate surface area is 75.9 Å². The number of carbonyl (C=O) groups is 1. The van der Waals surface area contributed by atoms with Crippen LogP contribution in [0, 0.1) is 0 Å². The number of nitrogens with zero attached hydrogens (tertiary/aromatic N) is 1. The number of aliphatic carboxylic acids is 1. The Kier molecular flexibility index (Phi) is 3.25. The van der Waals surface area contributed by atoms with Gasteiger partial charge in [0.05, 0.1) is 12.1 Å². The molecule has 0 radical (unpaired) electrons. The van der Waals surface area contributed by atoms with Gasteiger partial charge in [0, 0.05) is 13.0 Å². The van der Waals surface area contributed by atoms with Crippen LogP contribution in [0.2, 0.25) is 0 Å². The van der Waals surface area contributed by atoms with Crippen molar-refractivity contribution >= 4 is 11.7 Å². The van der Waals surface area contributed by atoms with Gasteiger partial charge in [-0.1, -0.05) is 12.2 Å². The lowest BCUT2D eigenvalue weighted by atomic mass is 10.1. The molecule has 0 saturated heterocycles. The summed E-state index contributed by atoms with van der Waals surface area (Å²) in [6, 6.07) is 0. The van der Waals surface area contributed by atoms with Gasteiger partial charge in [-0.25, -0.2) is 0 Å². The van der Waals surface area contributed by atoms with Gasteiger partial charge in [-0.3, -0.25) is 9.79 Å². The van der Waals surface area contributed by atoms with Crippen LogP contribution in [0.5, 0.6) is 0 Å². The smallest absolute Gasteiger partial charge is 0.305 e. The molecule has 0 heterocycles. The lowest BCUT2D eigenvalue weighted by Crippen LogP contribution is -2.06. The molecule has 13 heavy (non-hydrogen) atoms. The van der Waals surface area contributed by atoms with Gasteiger partial charge >= 0.3 is 5.97 Å². The fourth-order valence-corrected chi connectivity index (χ4v) is 0.972. The van der Waals surface area contributed by atoms with Gasteiger partial charge in [0.2, 0.25) is 0 Å². The van der Waals surface area contributed by atoms with Crippen LogP contribution in [0.3, 0.4) is 0 Å². The highest BCUT2D eigenvalue weighted by Gasteiger charge is 2.05. The zero-order valence-electron chi connectivity index (χ0n) is 7.10. The summed E-state index contributed by atoms with van der Waals surface area (Å²) in [6.45, 7) is 0.219. The van der Waals surface area contributed by atoms with Crippen LogP contribution >= 0.6 is 0 Å². The molecule has 0 aliphatic heterocycles. The quantitative estimate of drug-likeness (QED) is 0.689. The fourth-order valence-electron chi connectivity index (χ4n) is 0.972. The maximum Gasteiger partial charge on any atom is 0.305 e. The zero-order valence-corrected chi connectivity index (χ0v) is 7.10. The molecule has 0 atom stereocenters. The van der Waals surface area contributed by atoms with Crippen molar-refractivity contribution in [2.24, 2.45) is 4.99 Å². The van der Waals surface area contributed by atoms with Crippen molar-refractivity contribution in [3.8, 4) is 0 Å². The van der Waals surface area contributed by atoms with Crippen molar-refractivity contribution in [2.45, 2.75) is 12.8 Å². The first kappa shape index (κ1) is 9.51. The normalized spacial score (nSPS) is 18.8. The number of carboxylic acids is 1. The summed E-state index contributed by atoms with van der Waals surface area (Å²) in [5, 5.41) is 17.6. The number of carboxylic acid groups (broad SMARTS) is 1. The van der Waals surface area contributed by atoms with Gasteiger partial charge in [0.25, 0.3) is 0 Å². The van der Waals surface area contributed by atoms with E-state index in [1.54, 1.807) is 12.2 Å². The molecule has 0 aromatic heterocycles. The van der Waals surface area contributed by atoms with Crippen molar-refractivity contribution in [1.29, 1.82) is 0 Å². The highest BCUT2D eigenvalue weighted by atomic mass is 16.4. The molecule has 0 aromatic rings. The number of hydrogen-bond donors (Lipinski definition) is 2. The van der Waals surface area contributed by atoms with E-state index in [0.29, 0.717) is 12.1 Å². The van der Waals surface area contributed by atoms with E-state index >= 15 is 0 Å². The van der Waals surface area contributed by atoms with E-state index in [2.05, 4.69) is 4.99 Å². The van der Waals surface area contributed by atoms with Crippen LogP contribution in [-0.2, 0) is 4.79 Å². The first-order valence-electron chi connectivity index (χ1n) is 4.01. The molecule has 1 aliphatic rings.